The van der Waals surface area contributed by atoms with Gasteiger partial charge in [0.1, 0.15) is 16.4 Å². The fourth-order valence-corrected chi connectivity index (χ4v) is 3.57. The second-order valence-electron chi connectivity index (χ2n) is 5.42. The van der Waals surface area contributed by atoms with Gasteiger partial charge in [0, 0.05) is 11.7 Å². The molecule has 0 atom stereocenters. The lowest BCUT2D eigenvalue weighted by Gasteiger charge is -2.14. The number of aryl methyl sites for hydroxylation is 1. The Morgan fingerprint density at radius 3 is 2.50 bits per heavy atom. The van der Waals surface area contributed by atoms with Crippen LogP contribution in [0, 0.1) is 12.8 Å². The first-order chi connectivity index (χ1) is 9.56. The van der Waals surface area contributed by atoms with Crippen LogP contribution in [0.2, 0.25) is 0 Å². The third-order valence-electron chi connectivity index (χ3n) is 3.84. The standard InChI is InChI=1S/C15H22N2O2S/c1-4-10(5-2)8-20-14-12(15(18)19)9(3)16-13(17-14)11-6-7-11/h10-11H,4-8H2,1-3H3,(H,18,19). The summed E-state index contributed by atoms with van der Waals surface area (Å²) in [4.78, 5) is 20.3. The number of nitrogens with zero attached hydrogens (tertiary/aromatic N) is 2. The van der Waals surface area contributed by atoms with Crippen LogP contribution in [-0.4, -0.2) is 26.8 Å². The summed E-state index contributed by atoms with van der Waals surface area (Å²) in [5, 5.41) is 10.0. The molecule has 20 heavy (non-hydrogen) atoms. The molecule has 0 aromatic carbocycles. The van der Waals surface area contributed by atoms with Crippen molar-refractivity contribution < 1.29 is 9.90 Å². The second kappa shape index (κ2) is 6.57. The summed E-state index contributed by atoms with van der Waals surface area (Å²) < 4.78 is 0. The van der Waals surface area contributed by atoms with Crippen molar-refractivity contribution in [3.63, 3.8) is 0 Å². The first-order valence-electron chi connectivity index (χ1n) is 7.31. The molecule has 1 heterocycles. The van der Waals surface area contributed by atoms with Gasteiger partial charge in [0.25, 0.3) is 0 Å². The number of carbonyl (C=O) groups is 1. The van der Waals surface area contributed by atoms with Crippen molar-refractivity contribution in [1.29, 1.82) is 0 Å². The van der Waals surface area contributed by atoms with E-state index in [1.807, 2.05) is 0 Å². The molecule has 1 N–H and O–H groups in total. The third kappa shape index (κ3) is 3.51. The number of aromatic nitrogens is 2. The molecule has 1 aromatic rings. The molecule has 1 aliphatic carbocycles. The van der Waals surface area contributed by atoms with Crippen molar-refractivity contribution in [2.45, 2.75) is 57.4 Å². The molecule has 0 aliphatic heterocycles. The van der Waals surface area contributed by atoms with Gasteiger partial charge in [-0.1, -0.05) is 26.7 Å². The number of hydrogen-bond acceptors (Lipinski definition) is 4. The molecule has 0 radical (unpaired) electrons. The minimum atomic E-state index is -0.920. The molecule has 0 amide bonds. The van der Waals surface area contributed by atoms with E-state index >= 15 is 0 Å². The average Bonchev–Trinajstić information content (AvgIpc) is 3.23. The summed E-state index contributed by atoms with van der Waals surface area (Å²) in [5.41, 5.74) is 0.881. The van der Waals surface area contributed by atoms with Crippen LogP contribution in [0.25, 0.3) is 0 Å². The highest BCUT2D eigenvalue weighted by Gasteiger charge is 2.29. The Morgan fingerprint density at radius 2 is 2.00 bits per heavy atom. The Kier molecular flexibility index (Phi) is 5.02. The molecule has 0 bridgehead atoms. The molecule has 1 aromatic heterocycles. The van der Waals surface area contributed by atoms with Crippen LogP contribution in [-0.2, 0) is 0 Å². The number of hydrogen-bond donors (Lipinski definition) is 1. The van der Waals surface area contributed by atoms with Gasteiger partial charge in [-0.25, -0.2) is 14.8 Å². The van der Waals surface area contributed by atoms with Crippen molar-refractivity contribution in [3.05, 3.63) is 17.1 Å². The fraction of sp³-hybridized carbons (Fsp3) is 0.667. The summed E-state index contributed by atoms with van der Waals surface area (Å²) in [6.45, 7) is 6.12. The van der Waals surface area contributed by atoms with Gasteiger partial charge in [0.2, 0.25) is 0 Å². The van der Waals surface area contributed by atoms with Crippen LogP contribution in [0.3, 0.4) is 0 Å². The lowest BCUT2D eigenvalue weighted by molar-refractivity contribution is 0.0690. The van der Waals surface area contributed by atoms with Crippen LogP contribution in [0.1, 0.15) is 67.3 Å². The van der Waals surface area contributed by atoms with E-state index in [4.69, 9.17) is 0 Å². The minimum Gasteiger partial charge on any atom is -0.478 e. The lowest BCUT2D eigenvalue weighted by Crippen LogP contribution is -2.10. The Morgan fingerprint density at radius 1 is 1.35 bits per heavy atom. The third-order valence-corrected chi connectivity index (χ3v) is 5.05. The highest BCUT2D eigenvalue weighted by atomic mass is 32.2. The van der Waals surface area contributed by atoms with E-state index in [0.717, 1.165) is 37.3 Å². The monoisotopic (exact) mass is 294 g/mol. The van der Waals surface area contributed by atoms with E-state index in [1.165, 1.54) is 0 Å². The number of aromatic carboxylic acids is 1. The molecule has 1 aliphatic rings. The molecule has 0 saturated heterocycles. The van der Waals surface area contributed by atoms with Gasteiger partial charge in [0.05, 0.1) is 5.69 Å². The zero-order valence-corrected chi connectivity index (χ0v) is 13.2. The summed E-state index contributed by atoms with van der Waals surface area (Å²) in [7, 11) is 0. The van der Waals surface area contributed by atoms with E-state index in [0.29, 0.717) is 22.6 Å². The predicted molar refractivity (Wildman–Crippen MR) is 80.5 cm³/mol. The van der Waals surface area contributed by atoms with Gasteiger partial charge in [0.15, 0.2) is 0 Å². The van der Waals surface area contributed by atoms with Crippen LogP contribution in [0.5, 0.6) is 0 Å². The first kappa shape index (κ1) is 15.3. The van der Waals surface area contributed by atoms with Gasteiger partial charge in [-0.3, -0.25) is 0 Å². The maximum Gasteiger partial charge on any atom is 0.340 e. The number of rotatable bonds is 7. The van der Waals surface area contributed by atoms with Gasteiger partial charge in [-0.15, -0.1) is 11.8 Å². The predicted octanol–water partition coefficient (Wildman–Crippen LogP) is 3.89. The van der Waals surface area contributed by atoms with Crippen LogP contribution < -0.4 is 0 Å². The van der Waals surface area contributed by atoms with Crippen LogP contribution in [0.15, 0.2) is 5.03 Å². The van der Waals surface area contributed by atoms with E-state index in [-0.39, 0.29) is 5.56 Å². The lowest BCUT2D eigenvalue weighted by atomic mass is 10.1. The first-order valence-corrected chi connectivity index (χ1v) is 8.29. The molecular weight excluding hydrogens is 272 g/mol. The molecule has 5 heteroatoms. The summed E-state index contributed by atoms with van der Waals surface area (Å²) in [5.74, 6) is 1.90. The van der Waals surface area contributed by atoms with E-state index < -0.39 is 5.97 Å². The quantitative estimate of drug-likeness (QED) is 0.610. The highest BCUT2D eigenvalue weighted by molar-refractivity contribution is 7.99. The summed E-state index contributed by atoms with van der Waals surface area (Å²) in [6.07, 6.45) is 4.49. The molecule has 0 unspecified atom stereocenters. The summed E-state index contributed by atoms with van der Waals surface area (Å²) >= 11 is 1.57. The second-order valence-corrected chi connectivity index (χ2v) is 6.43. The molecule has 4 nitrogen and oxygen atoms in total. The number of carboxylic acids is 1. The van der Waals surface area contributed by atoms with Crippen molar-refractivity contribution in [3.8, 4) is 0 Å². The maximum absolute atomic E-state index is 11.4. The Hall–Kier alpha value is -1.10. The molecule has 1 saturated carbocycles. The number of carboxylic acid groups (broad SMARTS) is 1. The number of thioether (sulfide) groups is 1. The maximum atomic E-state index is 11.4. The van der Waals surface area contributed by atoms with Crippen molar-refractivity contribution >= 4 is 17.7 Å². The van der Waals surface area contributed by atoms with E-state index in [9.17, 15) is 9.90 Å². The largest absolute Gasteiger partial charge is 0.478 e. The fourth-order valence-electron chi connectivity index (χ4n) is 2.16. The zero-order chi connectivity index (χ0) is 14.7. The molecule has 110 valence electrons. The van der Waals surface area contributed by atoms with Crippen molar-refractivity contribution in [2.24, 2.45) is 5.92 Å². The zero-order valence-electron chi connectivity index (χ0n) is 12.3. The highest BCUT2D eigenvalue weighted by Crippen LogP contribution is 2.39. The molecule has 1 fully saturated rings. The van der Waals surface area contributed by atoms with Gasteiger partial charge >= 0.3 is 5.97 Å². The SMILES string of the molecule is CCC(CC)CSc1nc(C2CC2)nc(C)c1C(=O)O. The molecular formula is C15H22N2O2S. The normalized spacial score (nSPS) is 14.8. The van der Waals surface area contributed by atoms with Gasteiger partial charge < -0.3 is 5.11 Å². The van der Waals surface area contributed by atoms with Gasteiger partial charge in [-0.2, -0.15) is 0 Å². The van der Waals surface area contributed by atoms with Crippen molar-refractivity contribution in [2.75, 3.05) is 5.75 Å². The minimum absolute atomic E-state index is 0.283. The van der Waals surface area contributed by atoms with Gasteiger partial charge in [-0.05, 0) is 25.7 Å². The van der Waals surface area contributed by atoms with E-state index in [2.05, 4.69) is 23.8 Å². The van der Waals surface area contributed by atoms with Crippen LogP contribution in [0.4, 0.5) is 0 Å². The van der Waals surface area contributed by atoms with Crippen LogP contribution >= 0.6 is 11.8 Å². The molecule has 0 spiro atoms. The Balaban J connectivity index is 2.25. The summed E-state index contributed by atoms with van der Waals surface area (Å²) in [6, 6.07) is 0. The molecule has 2 rings (SSSR count). The Bertz CT molecular complexity index is 497. The average molecular weight is 294 g/mol. The Labute approximate surface area is 124 Å². The topological polar surface area (TPSA) is 63.1 Å². The smallest absolute Gasteiger partial charge is 0.340 e. The van der Waals surface area contributed by atoms with Crippen molar-refractivity contribution in [1.82, 2.24) is 9.97 Å². The van der Waals surface area contributed by atoms with E-state index in [1.54, 1.807) is 18.7 Å².